The van der Waals surface area contributed by atoms with Crippen LogP contribution in [0.15, 0.2) is 259 Å². The Balaban J connectivity index is 0.918. The molecule has 69 heavy (non-hydrogen) atoms. The highest BCUT2D eigenvalue weighted by Crippen LogP contribution is 2.46. The van der Waals surface area contributed by atoms with E-state index in [1.165, 1.54) is 59.9 Å². The van der Waals surface area contributed by atoms with Crippen molar-refractivity contribution in [3.8, 4) is 39.1 Å². The lowest BCUT2D eigenvalue weighted by atomic mass is 9.93. The molecule has 0 aliphatic carbocycles. The third-order valence-electron chi connectivity index (χ3n) is 14.2. The van der Waals surface area contributed by atoms with E-state index in [9.17, 15) is 0 Å². The Labute approximate surface area is 399 Å². The first-order valence-electron chi connectivity index (χ1n) is 23.7. The van der Waals surface area contributed by atoms with Crippen LogP contribution in [0.5, 0.6) is 0 Å². The molecule has 3 nitrogen and oxygen atoms in total. The summed E-state index contributed by atoms with van der Waals surface area (Å²) in [6.07, 6.45) is 0. The molecule has 12 aromatic carbocycles. The van der Waals surface area contributed by atoms with E-state index in [0.717, 1.165) is 72.3 Å². The van der Waals surface area contributed by atoms with Crippen LogP contribution in [-0.2, 0) is 0 Å². The number of benzene rings is 12. The average Bonchev–Trinajstić information content (AvgIpc) is 3.98. The normalized spacial score (nSPS) is 11.8. The van der Waals surface area contributed by atoms with Crippen LogP contribution >= 0.6 is 0 Å². The SMILES string of the molecule is c1cc(-c2ccc(N(c3ccc(-c4cc5ccccc5c5ccccc45)cc3)c3ccccc3-c3cccc4c3oc3c5ccccc5ccc43)cc2)cc(-n2c3ccccc3c3ccccc32)c1. The fourth-order valence-electron chi connectivity index (χ4n) is 11.0. The fourth-order valence-corrected chi connectivity index (χ4v) is 11.0. The third kappa shape index (κ3) is 6.29. The van der Waals surface area contributed by atoms with Gasteiger partial charge in [-0.05, 0) is 116 Å². The summed E-state index contributed by atoms with van der Waals surface area (Å²) in [5.74, 6) is 0. The van der Waals surface area contributed by atoms with E-state index in [4.69, 9.17) is 4.42 Å². The summed E-state index contributed by atoms with van der Waals surface area (Å²) in [5, 5.41) is 12.0. The zero-order valence-corrected chi connectivity index (χ0v) is 37.6. The first-order chi connectivity index (χ1) is 34.2. The molecule has 0 atom stereocenters. The maximum atomic E-state index is 6.96. The van der Waals surface area contributed by atoms with Crippen molar-refractivity contribution in [2.45, 2.75) is 0 Å². The molecule has 2 aromatic heterocycles. The number of hydrogen-bond donors (Lipinski definition) is 0. The molecule has 2 heterocycles. The predicted octanol–water partition coefficient (Wildman–Crippen LogP) is 18.6. The monoisotopic (exact) mass is 878 g/mol. The van der Waals surface area contributed by atoms with E-state index in [0.29, 0.717) is 0 Å². The Morgan fingerprint density at radius 2 is 0.841 bits per heavy atom. The van der Waals surface area contributed by atoms with Crippen molar-refractivity contribution < 1.29 is 4.42 Å². The molecule has 0 saturated heterocycles. The van der Waals surface area contributed by atoms with Crippen LogP contribution < -0.4 is 4.90 Å². The van der Waals surface area contributed by atoms with Crippen molar-refractivity contribution in [2.75, 3.05) is 4.90 Å². The molecule has 0 radical (unpaired) electrons. The lowest BCUT2D eigenvalue weighted by Crippen LogP contribution is -2.11. The van der Waals surface area contributed by atoms with Crippen molar-refractivity contribution in [3.63, 3.8) is 0 Å². The van der Waals surface area contributed by atoms with Gasteiger partial charge in [0.25, 0.3) is 0 Å². The maximum absolute atomic E-state index is 6.96. The Morgan fingerprint density at radius 1 is 0.290 bits per heavy atom. The summed E-state index contributed by atoms with van der Waals surface area (Å²) in [6.45, 7) is 0. The van der Waals surface area contributed by atoms with Crippen molar-refractivity contribution in [1.29, 1.82) is 0 Å². The summed E-state index contributed by atoms with van der Waals surface area (Å²) in [4.78, 5) is 2.40. The fraction of sp³-hybridized carbons (Fsp3) is 0. The zero-order valence-electron chi connectivity index (χ0n) is 37.6. The van der Waals surface area contributed by atoms with E-state index in [1.807, 2.05) is 0 Å². The highest BCUT2D eigenvalue weighted by atomic mass is 16.3. The first-order valence-corrected chi connectivity index (χ1v) is 23.7. The zero-order chi connectivity index (χ0) is 45.4. The topological polar surface area (TPSA) is 21.3 Å². The summed E-state index contributed by atoms with van der Waals surface area (Å²) in [5.41, 5.74) is 15.3. The van der Waals surface area contributed by atoms with Crippen LogP contribution in [0.2, 0.25) is 0 Å². The van der Waals surface area contributed by atoms with Crippen LogP contribution in [-0.4, -0.2) is 4.57 Å². The van der Waals surface area contributed by atoms with E-state index >= 15 is 0 Å². The minimum absolute atomic E-state index is 0.883. The van der Waals surface area contributed by atoms with Gasteiger partial charge in [-0.3, -0.25) is 0 Å². The largest absolute Gasteiger partial charge is 0.455 e. The molecule has 0 saturated carbocycles. The summed E-state index contributed by atoms with van der Waals surface area (Å²) in [6, 6.07) is 92.4. The summed E-state index contributed by atoms with van der Waals surface area (Å²) >= 11 is 0. The van der Waals surface area contributed by atoms with E-state index < -0.39 is 0 Å². The Morgan fingerprint density at radius 3 is 1.59 bits per heavy atom. The standard InChI is InChI=1S/C66H42N2O/c1-4-20-52-44(15-1)35-40-60-59-27-14-26-58(66(59)69-65(52)60)57-25-9-10-28-62(57)67(49-38-33-45(34-39-49)61-42-47-16-2-3-19-51(47)53-21-5-6-22-54(53)61)48-36-31-43(32-37-48)46-17-13-18-50(41-46)68-63-29-11-7-23-55(63)56-24-8-12-30-64(56)68/h1-42H. The summed E-state index contributed by atoms with van der Waals surface area (Å²) < 4.78 is 9.34. The Bertz CT molecular complexity index is 4260. The number of nitrogens with zero attached hydrogens (tertiary/aromatic N) is 2. The second-order valence-corrected chi connectivity index (χ2v) is 18.0. The molecule has 322 valence electrons. The molecule has 14 rings (SSSR count). The van der Waals surface area contributed by atoms with Crippen molar-refractivity contribution >= 4 is 93.1 Å². The lowest BCUT2D eigenvalue weighted by molar-refractivity contribution is 0.674. The second-order valence-electron chi connectivity index (χ2n) is 18.0. The quantitative estimate of drug-likeness (QED) is 0.149. The smallest absolute Gasteiger partial charge is 0.143 e. The van der Waals surface area contributed by atoms with Crippen LogP contribution in [0.4, 0.5) is 17.1 Å². The Kier molecular flexibility index (Phi) is 8.90. The van der Waals surface area contributed by atoms with E-state index in [1.54, 1.807) is 0 Å². The minimum Gasteiger partial charge on any atom is -0.455 e. The van der Waals surface area contributed by atoms with Crippen LogP contribution in [0, 0.1) is 0 Å². The number of fused-ring (bicyclic) bond motifs is 11. The average molecular weight is 879 g/mol. The molecule has 0 aliphatic rings. The molecule has 0 N–H and O–H groups in total. The van der Waals surface area contributed by atoms with Gasteiger partial charge in [0.15, 0.2) is 0 Å². The number of hydrogen-bond acceptors (Lipinski definition) is 2. The number of aromatic nitrogens is 1. The van der Waals surface area contributed by atoms with Gasteiger partial charge in [0.1, 0.15) is 11.2 Å². The molecule has 0 fully saturated rings. The molecule has 3 heteroatoms. The van der Waals surface area contributed by atoms with Gasteiger partial charge in [-0.15, -0.1) is 0 Å². The van der Waals surface area contributed by atoms with Gasteiger partial charge in [-0.25, -0.2) is 0 Å². The summed E-state index contributed by atoms with van der Waals surface area (Å²) in [7, 11) is 0. The van der Waals surface area contributed by atoms with E-state index in [2.05, 4.69) is 264 Å². The van der Waals surface area contributed by atoms with Gasteiger partial charge in [0.05, 0.1) is 16.7 Å². The van der Waals surface area contributed by atoms with Gasteiger partial charge >= 0.3 is 0 Å². The molecule has 0 unspecified atom stereocenters. The first kappa shape index (κ1) is 39.0. The van der Waals surface area contributed by atoms with Gasteiger partial charge in [-0.2, -0.15) is 0 Å². The van der Waals surface area contributed by atoms with E-state index in [-0.39, 0.29) is 0 Å². The lowest BCUT2D eigenvalue weighted by Gasteiger charge is -2.28. The van der Waals surface area contributed by atoms with Crippen molar-refractivity contribution in [3.05, 3.63) is 255 Å². The van der Waals surface area contributed by atoms with Crippen molar-refractivity contribution in [1.82, 2.24) is 4.57 Å². The molecule has 0 amide bonds. The molecule has 0 bridgehead atoms. The highest BCUT2D eigenvalue weighted by Gasteiger charge is 2.22. The molecular formula is C66H42N2O. The number of para-hydroxylation sites is 4. The van der Waals surface area contributed by atoms with Crippen LogP contribution in [0.25, 0.3) is 115 Å². The van der Waals surface area contributed by atoms with Crippen molar-refractivity contribution in [2.24, 2.45) is 0 Å². The molecule has 0 aliphatic heterocycles. The third-order valence-corrected chi connectivity index (χ3v) is 14.2. The van der Waals surface area contributed by atoms with Gasteiger partial charge in [-0.1, -0.05) is 188 Å². The van der Waals surface area contributed by atoms with Crippen LogP contribution in [0.1, 0.15) is 0 Å². The number of anilines is 3. The van der Waals surface area contributed by atoms with Gasteiger partial charge in [0, 0.05) is 55.1 Å². The molecule has 0 spiro atoms. The second kappa shape index (κ2) is 15.7. The Hall–Kier alpha value is -9.18. The predicted molar refractivity (Wildman–Crippen MR) is 292 cm³/mol. The van der Waals surface area contributed by atoms with Gasteiger partial charge in [0.2, 0.25) is 0 Å². The van der Waals surface area contributed by atoms with Gasteiger partial charge < -0.3 is 13.9 Å². The maximum Gasteiger partial charge on any atom is 0.143 e. The van der Waals surface area contributed by atoms with Crippen LogP contribution in [0.3, 0.4) is 0 Å². The molecule has 14 aromatic rings. The highest BCUT2D eigenvalue weighted by molar-refractivity contribution is 6.18. The molecular weight excluding hydrogens is 837 g/mol. The number of furan rings is 1. The minimum atomic E-state index is 0.883. The number of rotatable bonds is 7.